The minimum atomic E-state index is -0.266. The van der Waals surface area contributed by atoms with Crippen molar-refractivity contribution in [3.63, 3.8) is 0 Å². The Balaban J connectivity index is 1.76. The topological polar surface area (TPSA) is 46.9 Å². The number of amides is 1. The molecular formula is C20H14ClN3OS. The average Bonchev–Trinajstić information content (AvgIpc) is 3.34. The molecule has 0 aliphatic rings. The number of halogens is 1. The Kier molecular flexibility index (Phi) is 4.56. The van der Waals surface area contributed by atoms with Gasteiger partial charge in [-0.1, -0.05) is 48.0 Å². The Bertz CT molecular complexity index is 1040. The van der Waals surface area contributed by atoms with Gasteiger partial charge in [-0.2, -0.15) is 5.10 Å². The average molecular weight is 380 g/mol. The maximum absolute atomic E-state index is 12.9. The summed E-state index contributed by atoms with van der Waals surface area (Å²) >= 11 is 7.75. The molecule has 2 aromatic heterocycles. The Hall–Kier alpha value is -2.89. The molecular weight excluding hydrogens is 366 g/mol. The smallest absolute Gasteiger partial charge is 0.274 e. The highest BCUT2D eigenvalue weighted by Gasteiger charge is 2.18. The molecule has 0 aliphatic carbocycles. The van der Waals surface area contributed by atoms with E-state index >= 15 is 0 Å². The van der Waals surface area contributed by atoms with Gasteiger partial charge in [0.1, 0.15) is 11.4 Å². The van der Waals surface area contributed by atoms with Crippen LogP contribution in [-0.4, -0.2) is 15.7 Å². The number of aromatic nitrogens is 2. The van der Waals surface area contributed by atoms with Gasteiger partial charge >= 0.3 is 0 Å². The quantitative estimate of drug-likeness (QED) is 0.508. The van der Waals surface area contributed by atoms with Crippen molar-refractivity contribution in [3.05, 3.63) is 88.9 Å². The van der Waals surface area contributed by atoms with Gasteiger partial charge in [-0.15, -0.1) is 11.3 Å². The van der Waals surface area contributed by atoms with Gasteiger partial charge in [-0.3, -0.25) is 4.79 Å². The van der Waals surface area contributed by atoms with Gasteiger partial charge in [0.25, 0.3) is 5.91 Å². The lowest BCUT2D eigenvalue weighted by atomic mass is 10.2. The number of hydrogen-bond donors (Lipinski definition) is 1. The first-order valence-electron chi connectivity index (χ1n) is 7.97. The summed E-state index contributed by atoms with van der Waals surface area (Å²) in [5.41, 5.74) is 2.59. The molecule has 4 rings (SSSR count). The molecule has 2 aromatic carbocycles. The van der Waals surface area contributed by atoms with E-state index in [4.69, 9.17) is 11.6 Å². The van der Waals surface area contributed by atoms with Crippen LogP contribution < -0.4 is 5.32 Å². The highest BCUT2D eigenvalue weighted by atomic mass is 35.5. The van der Waals surface area contributed by atoms with E-state index in [1.54, 1.807) is 34.2 Å². The molecule has 128 valence electrons. The third-order valence-corrected chi connectivity index (χ3v) is 5.06. The second-order valence-electron chi connectivity index (χ2n) is 5.57. The van der Waals surface area contributed by atoms with Gasteiger partial charge in [-0.25, -0.2) is 4.68 Å². The van der Waals surface area contributed by atoms with Gasteiger partial charge in [-0.05, 0) is 41.8 Å². The third kappa shape index (κ3) is 3.27. The zero-order chi connectivity index (χ0) is 17.9. The van der Waals surface area contributed by atoms with Crippen LogP contribution in [0.5, 0.6) is 0 Å². The molecule has 0 unspecified atom stereocenters. The molecule has 0 bridgehead atoms. The molecule has 0 spiro atoms. The third-order valence-electron chi connectivity index (χ3n) is 3.84. The van der Waals surface area contributed by atoms with Gasteiger partial charge in [0.15, 0.2) is 0 Å². The van der Waals surface area contributed by atoms with Crippen molar-refractivity contribution in [2.75, 3.05) is 5.32 Å². The molecule has 4 nitrogen and oxygen atoms in total. The van der Waals surface area contributed by atoms with Crippen LogP contribution in [0.25, 0.3) is 16.3 Å². The predicted molar refractivity (Wildman–Crippen MR) is 106 cm³/mol. The first-order valence-corrected chi connectivity index (χ1v) is 9.23. The van der Waals surface area contributed by atoms with Crippen LogP contribution in [0.1, 0.15) is 10.5 Å². The molecule has 0 saturated heterocycles. The standard InChI is InChI=1S/C20H14ClN3OS/c21-15-9-4-5-10-16(15)22-20(25)18-13-17(19-11-6-12-26-19)23-24(18)14-7-2-1-3-8-14/h1-13H,(H,22,25). The number of para-hydroxylation sites is 2. The van der Waals surface area contributed by atoms with Crippen molar-refractivity contribution in [2.45, 2.75) is 0 Å². The zero-order valence-corrected chi connectivity index (χ0v) is 15.2. The van der Waals surface area contributed by atoms with Crippen LogP contribution >= 0.6 is 22.9 Å². The molecule has 0 saturated carbocycles. The molecule has 26 heavy (non-hydrogen) atoms. The molecule has 0 aliphatic heterocycles. The van der Waals surface area contributed by atoms with Crippen LogP contribution in [0.2, 0.25) is 5.02 Å². The fraction of sp³-hybridized carbons (Fsp3) is 0. The lowest BCUT2D eigenvalue weighted by molar-refractivity contribution is 0.101. The van der Waals surface area contributed by atoms with Crippen LogP contribution in [-0.2, 0) is 0 Å². The van der Waals surface area contributed by atoms with Crippen molar-refractivity contribution in [1.29, 1.82) is 0 Å². The number of rotatable bonds is 4. The van der Waals surface area contributed by atoms with E-state index in [2.05, 4.69) is 10.4 Å². The molecule has 0 radical (unpaired) electrons. The van der Waals surface area contributed by atoms with Crippen molar-refractivity contribution in [3.8, 4) is 16.3 Å². The van der Waals surface area contributed by atoms with E-state index in [0.717, 1.165) is 16.3 Å². The first kappa shape index (κ1) is 16.6. The normalized spacial score (nSPS) is 10.7. The lowest BCUT2D eigenvalue weighted by Gasteiger charge is -2.09. The summed E-state index contributed by atoms with van der Waals surface area (Å²) in [6, 6.07) is 22.5. The molecule has 2 heterocycles. The van der Waals surface area contributed by atoms with E-state index in [9.17, 15) is 4.79 Å². The number of anilines is 1. The fourth-order valence-electron chi connectivity index (χ4n) is 2.60. The first-order chi connectivity index (χ1) is 12.7. The van der Waals surface area contributed by atoms with Crippen LogP contribution in [0.4, 0.5) is 5.69 Å². The molecule has 0 atom stereocenters. The number of carbonyl (C=O) groups excluding carboxylic acids is 1. The maximum atomic E-state index is 12.9. The van der Waals surface area contributed by atoms with Gasteiger partial charge in [0.05, 0.1) is 21.3 Å². The van der Waals surface area contributed by atoms with E-state index in [0.29, 0.717) is 16.4 Å². The van der Waals surface area contributed by atoms with Crippen LogP contribution in [0, 0.1) is 0 Å². The number of nitrogens with one attached hydrogen (secondary N) is 1. The maximum Gasteiger partial charge on any atom is 0.274 e. The minimum absolute atomic E-state index is 0.266. The molecule has 0 fully saturated rings. The van der Waals surface area contributed by atoms with Crippen molar-refractivity contribution < 1.29 is 4.79 Å². The number of hydrogen-bond acceptors (Lipinski definition) is 3. The van der Waals surface area contributed by atoms with Crippen LogP contribution in [0.3, 0.4) is 0 Å². The van der Waals surface area contributed by atoms with Crippen LogP contribution in [0.15, 0.2) is 78.2 Å². The number of benzene rings is 2. The Morgan fingerprint density at radius 2 is 1.77 bits per heavy atom. The summed E-state index contributed by atoms with van der Waals surface area (Å²) < 4.78 is 1.65. The summed E-state index contributed by atoms with van der Waals surface area (Å²) in [7, 11) is 0. The van der Waals surface area contributed by atoms with Crippen molar-refractivity contribution in [2.24, 2.45) is 0 Å². The number of carbonyl (C=O) groups is 1. The zero-order valence-electron chi connectivity index (χ0n) is 13.6. The SMILES string of the molecule is O=C(Nc1ccccc1Cl)c1cc(-c2cccs2)nn1-c1ccccc1. The predicted octanol–water partition coefficient (Wildman–Crippen LogP) is 5.51. The Morgan fingerprint density at radius 3 is 2.50 bits per heavy atom. The summed E-state index contributed by atoms with van der Waals surface area (Å²) in [6.07, 6.45) is 0. The Labute approximate surface area is 159 Å². The molecule has 1 amide bonds. The lowest BCUT2D eigenvalue weighted by Crippen LogP contribution is -2.17. The molecule has 6 heteroatoms. The highest BCUT2D eigenvalue weighted by molar-refractivity contribution is 7.13. The van der Waals surface area contributed by atoms with E-state index in [1.165, 1.54) is 0 Å². The Morgan fingerprint density at radius 1 is 1.00 bits per heavy atom. The second kappa shape index (κ2) is 7.15. The van der Waals surface area contributed by atoms with Gasteiger partial charge in [0.2, 0.25) is 0 Å². The summed E-state index contributed by atoms with van der Waals surface area (Å²) in [5, 5.41) is 9.99. The second-order valence-corrected chi connectivity index (χ2v) is 6.93. The summed E-state index contributed by atoms with van der Waals surface area (Å²) in [5.74, 6) is -0.266. The molecule has 4 aromatic rings. The largest absolute Gasteiger partial charge is 0.319 e. The number of thiophene rings is 1. The highest BCUT2D eigenvalue weighted by Crippen LogP contribution is 2.27. The van der Waals surface area contributed by atoms with E-state index in [-0.39, 0.29) is 5.91 Å². The van der Waals surface area contributed by atoms with E-state index < -0.39 is 0 Å². The number of nitrogens with zero attached hydrogens (tertiary/aromatic N) is 2. The minimum Gasteiger partial charge on any atom is -0.319 e. The van der Waals surface area contributed by atoms with Crippen molar-refractivity contribution in [1.82, 2.24) is 9.78 Å². The van der Waals surface area contributed by atoms with Gasteiger partial charge in [0, 0.05) is 0 Å². The molecule has 1 N–H and O–H groups in total. The monoisotopic (exact) mass is 379 g/mol. The summed E-state index contributed by atoms with van der Waals surface area (Å²) in [4.78, 5) is 13.9. The fourth-order valence-corrected chi connectivity index (χ4v) is 3.47. The van der Waals surface area contributed by atoms with Crippen molar-refractivity contribution >= 4 is 34.5 Å². The van der Waals surface area contributed by atoms with E-state index in [1.807, 2.05) is 60.0 Å². The van der Waals surface area contributed by atoms with Gasteiger partial charge < -0.3 is 5.32 Å². The summed E-state index contributed by atoms with van der Waals surface area (Å²) in [6.45, 7) is 0.